The number of anilines is 1. The first-order valence-corrected chi connectivity index (χ1v) is 9.04. The second-order valence-electron chi connectivity index (χ2n) is 7.00. The Morgan fingerprint density at radius 2 is 1.69 bits per heavy atom. The van der Waals surface area contributed by atoms with Crippen LogP contribution in [-0.4, -0.2) is 11.0 Å². The van der Waals surface area contributed by atoms with Gasteiger partial charge in [-0.05, 0) is 54.8 Å². The van der Waals surface area contributed by atoms with Crippen LogP contribution in [0.3, 0.4) is 0 Å². The maximum atomic E-state index is 4.67. The summed E-state index contributed by atoms with van der Waals surface area (Å²) in [5, 5.41) is 1.19. The Morgan fingerprint density at radius 1 is 0.885 bits per heavy atom. The number of hydrogen-bond acceptors (Lipinski definition) is 2. The van der Waals surface area contributed by atoms with Gasteiger partial charge in [-0.1, -0.05) is 48.5 Å². The van der Waals surface area contributed by atoms with Crippen molar-refractivity contribution in [2.24, 2.45) is 0 Å². The zero-order valence-corrected chi connectivity index (χ0v) is 15.0. The molecule has 0 amide bonds. The lowest BCUT2D eigenvalue weighted by Gasteiger charge is -2.26. The molecule has 0 N–H and O–H groups in total. The van der Waals surface area contributed by atoms with Crippen molar-refractivity contribution in [3.05, 3.63) is 101 Å². The van der Waals surface area contributed by atoms with Crippen molar-refractivity contribution in [3.63, 3.8) is 0 Å². The molecule has 2 aliphatic rings. The van der Waals surface area contributed by atoms with Gasteiger partial charge in [-0.15, -0.1) is 0 Å². The Hall–Kier alpha value is -3.13. The first-order chi connectivity index (χ1) is 12.7. The van der Waals surface area contributed by atoms with Gasteiger partial charge in [-0.2, -0.15) is 0 Å². The van der Waals surface area contributed by atoms with Crippen molar-refractivity contribution in [1.29, 1.82) is 0 Å². The second-order valence-corrected chi connectivity index (χ2v) is 7.00. The lowest BCUT2D eigenvalue weighted by Crippen LogP contribution is -2.27. The highest BCUT2D eigenvalue weighted by atomic mass is 15.2. The maximum Gasteiger partial charge on any atom is 0.0784 e. The topological polar surface area (TPSA) is 16.1 Å². The molecule has 2 heterocycles. The standard InChI is InChI=1S/C24H20N2/c1-16-14-22-21(15-17(2)26(22)19-10-4-3-5-11-19)23(16)20-12-6-8-18-9-7-13-25-24(18)20/h3-15,22H,1-2H3. The molecule has 1 aliphatic carbocycles. The van der Waals surface area contributed by atoms with E-state index >= 15 is 0 Å². The quantitative estimate of drug-likeness (QED) is 0.593. The highest BCUT2D eigenvalue weighted by Gasteiger charge is 2.35. The maximum absolute atomic E-state index is 4.67. The Bertz CT molecular complexity index is 1100. The summed E-state index contributed by atoms with van der Waals surface area (Å²) in [6, 6.07) is 21.5. The number of fused-ring (bicyclic) bond motifs is 2. The van der Waals surface area contributed by atoms with E-state index in [2.05, 4.69) is 90.5 Å². The first-order valence-electron chi connectivity index (χ1n) is 9.04. The Balaban J connectivity index is 1.71. The minimum atomic E-state index is 0.270. The minimum Gasteiger partial charge on any atom is -0.334 e. The van der Waals surface area contributed by atoms with Crippen molar-refractivity contribution in [3.8, 4) is 0 Å². The molecule has 1 unspecified atom stereocenters. The Kier molecular flexibility index (Phi) is 3.32. The van der Waals surface area contributed by atoms with Crippen LogP contribution in [0.25, 0.3) is 16.5 Å². The normalized spacial score (nSPS) is 19.0. The third-order valence-corrected chi connectivity index (χ3v) is 5.37. The third-order valence-electron chi connectivity index (χ3n) is 5.37. The van der Waals surface area contributed by atoms with E-state index in [1.54, 1.807) is 0 Å². The number of aromatic nitrogens is 1. The molecule has 2 heteroatoms. The number of hydrogen-bond donors (Lipinski definition) is 0. The van der Waals surface area contributed by atoms with Crippen molar-refractivity contribution < 1.29 is 0 Å². The molecule has 3 aromatic rings. The molecule has 0 saturated heterocycles. The summed E-state index contributed by atoms with van der Waals surface area (Å²) in [5.41, 5.74) is 8.86. The van der Waals surface area contributed by atoms with Crippen LogP contribution in [0.2, 0.25) is 0 Å². The number of rotatable bonds is 2. The monoisotopic (exact) mass is 336 g/mol. The van der Waals surface area contributed by atoms with E-state index in [0.29, 0.717) is 0 Å². The predicted molar refractivity (Wildman–Crippen MR) is 109 cm³/mol. The molecule has 2 aromatic carbocycles. The van der Waals surface area contributed by atoms with E-state index in [-0.39, 0.29) is 6.04 Å². The van der Waals surface area contributed by atoms with E-state index < -0.39 is 0 Å². The fourth-order valence-electron chi connectivity index (χ4n) is 4.30. The molecule has 0 spiro atoms. The molecule has 126 valence electrons. The largest absolute Gasteiger partial charge is 0.334 e. The molecule has 0 radical (unpaired) electrons. The summed E-state index contributed by atoms with van der Waals surface area (Å²) < 4.78 is 0. The van der Waals surface area contributed by atoms with Crippen LogP contribution in [0.4, 0.5) is 5.69 Å². The van der Waals surface area contributed by atoms with Gasteiger partial charge in [-0.3, -0.25) is 4.98 Å². The molecular formula is C24H20N2. The van der Waals surface area contributed by atoms with Gasteiger partial charge in [0.05, 0.1) is 11.6 Å². The Morgan fingerprint density at radius 3 is 2.54 bits per heavy atom. The summed E-state index contributed by atoms with van der Waals surface area (Å²) in [6.45, 7) is 4.41. The summed E-state index contributed by atoms with van der Waals surface area (Å²) >= 11 is 0. The number of nitrogens with zero attached hydrogens (tertiary/aromatic N) is 2. The molecule has 1 aromatic heterocycles. The van der Waals surface area contributed by atoms with Crippen LogP contribution in [0.15, 0.2) is 95.9 Å². The van der Waals surface area contributed by atoms with Crippen LogP contribution in [0, 0.1) is 0 Å². The van der Waals surface area contributed by atoms with E-state index in [9.17, 15) is 0 Å². The SMILES string of the molecule is CC1=CC2C(=C1c1cccc3cccnc13)C=C(C)N2c1ccccc1. The molecule has 1 aliphatic heterocycles. The molecular weight excluding hydrogens is 316 g/mol. The fraction of sp³-hybridized carbons (Fsp3) is 0.125. The van der Waals surface area contributed by atoms with Gasteiger partial charge in [0.2, 0.25) is 0 Å². The molecule has 2 nitrogen and oxygen atoms in total. The summed E-state index contributed by atoms with van der Waals surface area (Å²) in [7, 11) is 0. The van der Waals surface area contributed by atoms with Gasteiger partial charge in [0.15, 0.2) is 0 Å². The fourth-order valence-corrected chi connectivity index (χ4v) is 4.30. The van der Waals surface area contributed by atoms with Gasteiger partial charge in [0.1, 0.15) is 0 Å². The van der Waals surface area contributed by atoms with Crippen molar-refractivity contribution in [2.45, 2.75) is 19.9 Å². The van der Waals surface area contributed by atoms with E-state index in [4.69, 9.17) is 0 Å². The number of benzene rings is 2. The second kappa shape index (κ2) is 5.70. The molecule has 0 bridgehead atoms. The van der Waals surface area contributed by atoms with Gasteiger partial charge in [0.25, 0.3) is 0 Å². The smallest absolute Gasteiger partial charge is 0.0784 e. The molecule has 0 fully saturated rings. The van der Waals surface area contributed by atoms with Crippen LogP contribution < -0.4 is 4.90 Å². The highest BCUT2D eigenvalue weighted by Crippen LogP contribution is 2.45. The molecule has 0 saturated carbocycles. The van der Waals surface area contributed by atoms with Crippen LogP contribution in [0.5, 0.6) is 0 Å². The lowest BCUT2D eigenvalue weighted by molar-refractivity contribution is 0.914. The molecule has 26 heavy (non-hydrogen) atoms. The first kappa shape index (κ1) is 15.2. The number of pyridine rings is 1. The summed E-state index contributed by atoms with van der Waals surface area (Å²) in [5.74, 6) is 0. The Labute approximate surface area is 153 Å². The highest BCUT2D eigenvalue weighted by molar-refractivity contribution is 5.99. The lowest BCUT2D eigenvalue weighted by atomic mass is 9.95. The summed E-state index contributed by atoms with van der Waals surface area (Å²) in [4.78, 5) is 7.10. The zero-order chi connectivity index (χ0) is 17.7. The predicted octanol–water partition coefficient (Wildman–Crippen LogP) is 5.74. The molecule has 5 rings (SSSR count). The van der Waals surface area contributed by atoms with Gasteiger partial charge in [-0.25, -0.2) is 0 Å². The van der Waals surface area contributed by atoms with Gasteiger partial charge < -0.3 is 4.90 Å². The average molecular weight is 336 g/mol. The van der Waals surface area contributed by atoms with Gasteiger partial charge in [0, 0.05) is 28.5 Å². The number of allylic oxidation sites excluding steroid dienone is 3. The van der Waals surface area contributed by atoms with Crippen molar-refractivity contribution >= 4 is 22.2 Å². The minimum absolute atomic E-state index is 0.270. The summed E-state index contributed by atoms with van der Waals surface area (Å²) in [6.07, 6.45) is 6.60. The van der Waals surface area contributed by atoms with Crippen LogP contribution in [-0.2, 0) is 0 Å². The van der Waals surface area contributed by atoms with Crippen molar-refractivity contribution in [1.82, 2.24) is 4.98 Å². The number of para-hydroxylation sites is 2. The van der Waals surface area contributed by atoms with E-state index in [1.807, 2.05) is 12.3 Å². The van der Waals surface area contributed by atoms with E-state index in [0.717, 1.165) is 5.52 Å². The van der Waals surface area contributed by atoms with Crippen LogP contribution >= 0.6 is 0 Å². The zero-order valence-electron chi connectivity index (χ0n) is 15.0. The van der Waals surface area contributed by atoms with Crippen molar-refractivity contribution in [2.75, 3.05) is 4.90 Å². The molecule has 1 atom stereocenters. The average Bonchev–Trinajstić information content (AvgIpc) is 3.14. The van der Waals surface area contributed by atoms with Crippen LogP contribution in [0.1, 0.15) is 19.4 Å². The van der Waals surface area contributed by atoms with E-state index in [1.165, 1.54) is 39.1 Å². The third kappa shape index (κ3) is 2.15. The van der Waals surface area contributed by atoms with Gasteiger partial charge >= 0.3 is 0 Å².